The molecule has 0 aromatic heterocycles. The lowest BCUT2D eigenvalue weighted by atomic mass is 9.95. The van der Waals surface area contributed by atoms with Crippen LogP contribution in [0.3, 0.4) is 0 Å². The second kappa shape index (κ2) is 5.25. The number of hydrogen-bond acceptors (Lipinski definition) is 3. The zero-order chi connectivity index (χ0) is 12.4. The van der Waals surface area contributed by atoms with Gasteiger partial charge in [0.2, 0.25) is 0 Å². The van der Waals surface area contributed by atoms with E-state index in [2.05, 4.69) is 6.92 Å². The molecular formula is C13H17ClO3. The van der Waals surface area contributed by atoms with Crippen LogP contribution in [0, 0.1) is 5.92 Å². The first-order valence-electron chi connectivity index (χ1n) is 5.76. The van der Waals surface area contributed by atoms with Gasteiger partial charge in [-0.2, -0.15) is 0 Å². The van der Waals surface area contributed by atoms with Crippen LogP contribution in [0.2, 0.25) is 5.02 Å². The van der Waals surface area contributed by atoms with E-state index in [1.54, 1.807) is 25.3 Å². The minimum Gasteiger partial charge on any atom is -0.497 e. The van der Waals surface area contributed by atoms with E-state index in [9.17, 15) is 5.11 Å². The minimum absolute atomic E-state index is 0.166. The van der Waals surface area contributed by atoms with Crippen LogP contribution in [0.15, 0.2) is 18.2 Å². The van der Waals surface area contributed by atoms with Gasteiger partial charge in [0.1, 0.15) is 11.9 Å². The molecule has 0 radical (unpaired) electrons. The van der Waals surface area contributed by atoms with E-state index in [4.69, 9.17) is 21.1 Å². The molecule has 3 atom stereocenters. The molecule has 17 heavy (non-hydrogen) atoms. The van der Waals surface area contributed by atoms with Gasteiger partial charge in [-0.3, -0.25) is 0 Å². The van der Waals surface area contributed by atoms with Crippen molar-refractivity contribution in [2.75, 3.05) is 13.7 Å². The second-order valence-electron chi connectivity index (χ2n) is 4.43. The Balaban J connectivity index is 2.21. The maximum absolute atomic E-state index is 10.3. The third-order valence-corrected chi connectivity index (χ3v) is 3.61. The van der Waals surface area contributed by atoms with Crippen LogP contribution in [0.1, 0.15) is 25.0 Å². The predicted molar refractivity (Wildman–Crippen MR) is 66.5 cm³/mol. The average Bonchev–Trinajstić information content (AvgIpc) is 2.74. The van der Waals surface area contributed by atoms with Crippen molar-refractivity contribution in [2.24, 2.45) is 5.92 Å². The highest BCUT2D eigenvalue weighted by molar-refractivity contribution is 6.31. The van der Waals surface area contributed by atoms with Crippen molar-refractivity contribution in [1.82, 2.24) is 0 Å². The van der Waals surface area contributed by atoms with Crippen LogP contribution in [0.5, 0.6) is 5.75 Å². The molecule has 1 aromatic rings. The Labute approximate surface area is 106 Å². The van der Waals surface area contributed by atoms with Crippen LogP contribution < -0.4 is 4.74 Å². The lowest BCUT2D eigenvalue weighted by Gasteiger charge is -2.22. The van der Waals surface area contributed by atoms with Gasteiger partial charge in [-0.05, 0) is 24.5 Å². The highest BCUT2D eigenvalue weighted by Crippen LogP contribution is 2.35. The van der Waals surface area contributed by atoms with E-state index >= 15 is 0 Å². The SMILES string of the molecule is COc1ccc(C(O)C2OCCC2C)c(Cl)c1. The van der Waals surface area contributed by atoms with Crippen LogP contribution >= 0.6 is 11.6 Å². The van der Waals surface area contributed by atoms with Crippen molar-refractivity contribution in [3.8, 4) is 5.75 Å². The van der Waals surface area contributed by atoms with Crippen molar-refractivity contribution in [3.05, 3.63) is 28.8 Å². The number of methoxy groups -OCH3 is 1. The fourth-order valence-electron chi connectivity index (χ4n) is 2.17. The minimum atomic E-state index is -0.675. The van der Waals surface area contributed by atoms with Crippen LogP contribution in [0.4, 0.5) is 0 Å². The fraction of sp³-hybridized carbons (Fsp3) is 0.538. The summed E-state index contributed by atoms with van der Waals surface area (Å²) in [5.41, 5.74) is 0.700. The molecule has 1 fully saturated rings. The summed E-state index contributed by atoms with van der Waals surface area (Å²) < 4.78 is 10.6. The zero-order valence-corrected chi connectivity index (χ0v) is 10.8. The van der Waals surface area contributed by atoms with Crippen LogP contribution in [-0.4, -0.2) is 24.9 Å². The van der Waals surface area contributed by atoms with Crippen molar-refractivity contribution in [2.45, 2.75) is 25.6 Å². The maximum atomic E-state index is 10.3. The Morgan fingerprint density at radius 3 is 2.82 bits per heavy atom. The molecule has 3 nitrogen and oxygen atoms in total. The van der Waals surface area contributed by atoms with Gasteiger partial charge in [-0.1, -0.05) is 24.6 Å². The number of aliphatic hydroxyl groups excluding tert-OH is 1. The predicted octanol–water partition coefficient (Wildman–Crippen LogP) is 2.81. The molecule has 0 aliphatic carbocycles. The molecule has 4 heteroatoms. The van der Waals surface area contributed by atoms with Crippen molar-refractivity contribution in [1.29, 1.82) is 0 Å². The van der Waals surface area contributed by atoms with Crippen LogP contribution in [0.25, 0.3) is 0 Å². The summed E-state index contributed by atoms with van der Waals surface area (Å²) in [7, 11) is 1.59. The summed E-state index contributed by atoms with van der Waals surface area (Å²) in [6, 6.07) is 5.30. The molecule has 3 unspecified atom stereocenters. The molecule has 1 aliphatic rings. The Hall–Kier alpha value is -0.770. The quantitative estimate of drug-likeness (QED) is 0.904. The number of aliphatic hydroxyl groups is 1. The summed E-state index contributed by atoms with van der Waals surface area (Å²) in [4.78, 5) is 0. The maximum Gasteiger partial charge on any atom is 0.120 e. The van der Waals surface area contributed by atoms with E-state index in [0.29, 0.717) is 28.9 Å². The van der Waals surface area contributed by atoms with E-state index in [1.165, 1.54) is 0 Å². The van der Waals surface area contributed by atoms with Gasteiger partial charge in [0, 0.05) is 12.2 Å². The Bertz CT molecular complexity index is 394. The summed E-state index contributed by atoms with van der Waals surface area (Å²) >= 11 is 6.13. The van der Waals surface area contributed by atoms with Gasteiger partial charge in [0.25, 0.3) is 0 Å². The molecule has 1 heterocycles. The third kappa shape index (κ3) is 2.57. The zero-order valence-electron chi connectivity index (χ0n) is 10.0. The summed E-state index contributed by atoms with van der Waals surface area (Å²) in [5.74, 6) is 1.04. The van der Waals surface area contributed by atoms with Crippen molar-refractivity contribution < 1.29 is 14.6 Å². The smallest absolute Gasteiger partial charge is 0.120 e. The normalized spacial score (nSPS) is 25.9. The number of hydrogen-bond donors (Lipinski definition) is 1. The van der Waals surface area contributed by atoms with E-state index in [0.717, 1.165) is 6.42 Å². The lowest BCUT2D eigenvalue weighted by Crippen LogP contribution is -2.23. The number of benzene rings is 1. The number of ether oxygens (including phenoxy) is 2. The molecule has 1 saturated heterocycles. The molecule has 1 aliphatic heterocycles. The van der Waals surface area contributed by atoms with Crippen molar-refractivity contribution in [3.63, 3.8) is 0 Å². The highest BCUT2D eigenvalue weighted by atomic mass is 35.5. The molecular weight excluding hydrogens is 240 g/mol. The lowest BCUT2D eigenvalue weighted by molar-refractivity contribution is -0.0177. The van der Waals surface area contributed by atoms with Gasteiger partial charge >= 0.3 is 0 Å². The molecule has 0 saturated carbocycles. The van der Waals surface area contributed by atoms with Gasteiger partial charge in [-0.25, -0.2) is 0 Å². The Morgan fingerprint density at radius 2 is 2.29 bits per heavy atom. The molecule has 0 amide bonds. The molecule has 0 bridgehead atoms. The van der Waals surface area contributed by atoms with E-state index in [-0.39, 0.29) is 6.10 Å². The topological polar surface area (TPSA) is 38.7 Å². The largest absolute Gasteiger partial charge is 0.497 e. The summed E-state index contributed by atoms with van der Waals surface area (Å²) in [6.07, 6.45) is 0.141. The third-order valence-electron chi connectivity index (χ3n) is 3.28. The number of halogens is 1. The first-order valence-corrected chi connectivity index (χ1v) is 6.14. The van der Waals surface area contributed by atoms with Gasteiger partial charge in [0.05, 0.1) is 18.2 Å². The van der Waals surface area contributed by atoms with E-state index in [1.807, 2.05) is 0 Å². The van der Waals surface area contributed by atoms with Gasteiger partial charge < -0.3 is 14.6 Å². The summed E-state index contributed by atoms with van der Waals surface area (Å²) in [5, 5.41) is 10.8. The molecule has 0 spiro atoms. The fourth-order valence-corrected chi connectivity index (χ4v) is 2.45. The Morgan fingerprint density at radius 1 is 1.53 bits per heavy atom. The highest BCUT2D eigenvalue weighted by Gasteiger charge is 2.32. The van der Waals surface area contributed by atoms with Crippen LogP contribution in [-0.2, 0) is 4.74 Å². The second-order valence-corrected chi connectivity index (χ2v) is 4.84. The molecule has 1 N–H and O–H groups in total. The Kier molecular flexibility index (Phi) is 3.92. The molecule has 2 rings (SSSR count). The first-order chi connectivity index (χ1) is 8.13. The van der Waals surface area contributed by atoms with Crippen molar-refractivity contribution >= 4 is 11.6 Å². The standard InChI is InChI=1S/C13H17ClO3/c1-8-5-6-17-13(8)12(15)10-4-3-9(16-2)7-11(10)14/h3-4,7-8,12-13,15H,5-6H2,1-2H3. The molecule has 94 valence electrons. The molecule has 1 aromatic carbocycles. The summed E-state index contributed by atoms with van der Waals surface area (Å²) in [6.45, 7) is 2.79. The van der Waals surface area contributed by atoms with Gasteiger partial charge in [0.15, 0.2) is 0 Å². The average molecular weight is 257 g/mol. The van der Waals surface area contributed by atoms with E-state index < -0.39 is 6.10 Å². The van der Waals surface area contributed by atoms with Gasteiger partial charge in [-0.15, -0.1) is 0 Å². The number of rotatable bonds is 3. The first kappa shape index (κ1) is 12.7. The monoisotopic (exact) mass is 256 g/mol.